The molecule has 0 bridgehead atoms. The third-order valence-corrected chi connectivity index (χ3v) is 4.61. The number of hydrazine groups is 1. The molecule has 3 N–H and O–H groups in total. The molecule has 1 amide bonds. The van der Waals surface area contributed by atoms with Gasteiger partial charge in [0.15, 0.2) is 0 Å². The van der Waals surface area contributed by atoms with Crippen LogP contribution in [-0.4, -0.2) is 10.7 Å². The van der Waals surface area contributed by atoms with Gasteiger partial charge in [-0.1, -0.05) is 99.9 Å². The average Bonchev–Trinajstić information content (AvgIpc) is 2.47. The zero-order chi connectivity index (χ0) is 15.1. The molecular formula is C16H33BrN2O. The number of halogens is 1. The first-order valence-corrected chi connectivity index (χ1v) is 9.28. The summed E-state index contributed by atoms with van der Waals surface area (Å²) in [7, 11) is 0. The van der Waals surface area contributed by atoms with Crippen LogP contribution >= 0.6 is 15.9 Å². The highest BCUT2D eigenvalue weighted by Crippen LogP contribution is 2.14. The molecule has 4 heteroatoms. The minimum absolute atomic E-state index is 0.118. The number of nitrogens with one attached hydrogen (secondary N) is 1. The van der Waals surface area contributed by atoms with Crippen LogP contribution in [0.2, 0.25) is 0 Å². The van der Waals surface area contributed by atoms with Gasteiger partial charge in [-0.2, -0.15) is 0 Å². The fourth-order valence-corrected chi connectivity index (χ4v) is 2.84. The summed E-state index contributed by atoms with van der Waals surface area (Å²) in [6, 6.07) is 0. The number of nitrogens with two attached hydrogens (primary N) is 1. The van der Waals surface area contributed by atoms with E-state index in [0.29, 0.717) is 0 Å². The van der Waals surface area contributed by atoms with Gasteiger partial charge in [0.05, 0.1) is 4.83 Å². The van der Waals surface area contributed by atoms with Crippen molar-refractivity contribution in [3.63, 3.8) is 0 Å². The molecule has 0 aromatic carbocycles. The lowest BCUT2D eigenvalue weighted by Crippen LogP contribution is -2.36. The van der Waals surface area contributed by atoms with Gasteiger partial charge in [-0.25, -0.2) is 5.84 Å². The average molecular weight is 349 g/mol. The van der Waals surface area contributed by atoms with Gasteiger partial charge in [-0.05, 0) is 6.42 Å². The molecule has 0 rings (SSSR count). The number of hydrogen-bond acceptors (Lipinski definition) is 2. The Bertz CT molecular complexity index is 225. The Morgan fingerprint density at radius 1 is 0.900 bits per heavy atom. The van der Waals surface area contributed by atoms with Crippen LogP contribution in [0.5, 0.6) is 0 Å². The lowest BCUT2D eigenvalue weighted by molar-refractivity contribution is -0.120. The van der Waals surface area contributed by atoms with Gasteiger partial charge in [0.2, 0.25) is 5.91 Å². The predicted molar refractivity (Wildman–Crippen MR) is 90.7 cm³/mol. The van der Waals surface area contributed by atoms with E-state index < -0.39 is 0 Å². The standard InChI is InChI=1S/C16H33BrN2O/c1-2-3-4-5-6-7-8-9-10-11-12-13-14-15(17)16(20)19-18/h15H,2-14,18H2,1H3,(H,19,20). The van der Waals surface area contributed by atoms with Gasteiger partial charge in [-0.3, -0.25) is 10.2 Å². The summed E-state index contributed by atoms with van der Waals surface area (Å²) in [5.74, 6) is 4.96. The SMILES string of the molecule is CCCCCCCCCCCCCCC(Br)C(=O)NN. The van der Waals surface area contributed by atoms with E-state index in [-0.39, 0.29) is 10.7 Å². The van der Waals surface area contributed by atoms with E-state index in [1.807, 2.05) is 0 Å². The number of carbonyl (C=O) groups excluding carboxylic acids is 1. The van der Waals surface area contributed by atoms with Crippen LogP contribution in [0.1, 0.15) is 90.4 Å². The number of carbonyl (C=O) groups is 1. The molecule has 0 aromatic heterocycles. The highest BCUT2D eigenvalue weighted by molar-refractivity contribution is 9.10. The topological polar surface area (TPSA) is 55.1 Å². The minimum atomic E-state index is -0.129. The van der Waals surface area contributed by atoms with Gasteiger partial charge in [-0.15, -0.1) is 0 Å². The number of rotatable bonds is 14. The minimum Gasteiger partial charge on any atom is -0.293 e. The van der Waals surface area contributed by atoms with Gasteiger partial charge < -0.3 is 0 Å². The van der Waals surface area contributed by atoms with Gasteiger partial charge in [0, 0.05) is 0 Å². The summed E-state index contributed by atoms with van der Waals surface area (Å²) in [4.78, 5) is 11.0. The first-order chi connectivity index (χ1) is 9.72. The zero-order valence-corrected chi connectivity index (χ0v) is 14.7. The Morgan fingerprint density at radius 3 is 1.70 bits per heavy atom. The second-order valence-corrected chi connectivity index (χ2v) is 6.76. The summed E-state index contributed by atoms with van der Waals surface area (Å²) in [5.41, 5.74) is 2.17. The molecule has 0 spiro atoms. The van der Waals surface area contributed by atoms with Crippen molar-refractivity contribution in [2.45, 2.75) is 95.2 Å². The van der Waals surface area contributed by atoms with E-state index in [0.717, 1.165) is 12.8 Å². The molecule has 0 aliphatic carbocycles. The third kappa shape index (κ3) is 12.9. The molecule has 0 aromatic rings. The fourth-order valence-electron chi connectivity index (χ4n) is 2.39. The van der Waals surface area contributed by atoms with Gasteiger partial charge in [0.25, 0.3) is 0 Å². The van der Waals surface area contributed by atoms with Crippen LogP contribution in [0.15, 0.2) is 0 Å². The van der Waals surface area contributed by atoms with Crippen LogP contribution in [0, 0.1) is 0 Å². The van der Waals surface area contributed by atoms with E-state index in [4.69, 9.17) is 5.84 Å². The molecule has 0 saturated heterocycles. The first-order valence-electron chi connectivity index (χ1n) is 8.37. The maximum Gasteiger partial charge on any atom is 0.247 e. The Morgan fingerprint density at radius 2 is 1.30 bits per heavy atom. The number of hydrogen-bond donors (Lipinski definition) is 2. The van der Waals surface area contributed by atoms with Gasteiger partial charge >= 0.3 is 0 Å². The molecule has 0 heterocycles. The largest absolute Gasteiger partial charge is 0.293 e. The summed E-state index contributed by atoms with van der Waals surface area (Å²) in [6.07, 6.45) is 17.0. The molecule has 1 unspecified atom stereocenters. The Kier molecular flexibility index (Phi) is 15.2. The van der Waals surface area contributed by atoms with Crippen LogP contribution in [-0.2, 0) is 4.79 Å². The number of unbranched alkanes of at least 4 members (excludes halogenated alkanes) is 11. The predicted octanol–water partition coefficient (Wildman–Crippen LogP) is 4.83. The summed E-state index contributed by atoms with van der Waals surface area (Å²) < 4.78 is 0. The smallest absolute Gasteiger partial charge is 0.247 e. The van der Waals surface area contributed by atoms with Crippen LogP contribution in [0.25, 0.3) is 0 Å². The van der Waals surface area contributed by atoms with Crippen molar-refractivity contribution in [3.05, 3.63) is 0 Å². The maximum absolute atomic E-state index is 11.2. The zero-order valence-electron chi connectivity index (χ0n) is 13.1. The maximum atomic E-state index is 11.2. The van der Waals surface area contributed by atoms with E-state index in [9.17, 15) is 4.79 Å². The monoisotopic (exact) mass is 348 g/mol. The van der Waals surface area contributed by atoms with Crippen LogP contribution in [0.3, 0.4) is 0 Å². The normalized spacial score (nSPS) is 12.3. The Labute approximate surface area is 133 Å². The van der Waals surface area contributed by atoms with Crippen molar-refractivity contribution in [1.82, 2.24) is 5.43 Å². The quantitative estimate of drug-likeness (QED) is 0.155. The van der Waals surface area contributed by atoms with Crippen molar-refractivity contribution in [1.29, 1.82) is 0 Å². The van der Waals surface area contributed by atoms with Crippen LogP contribution < -0.4 is 11.3 Å². The van der Waals surface area contributed by atoms with E-state index >= 15 is 0 Å². The summed E-state index contributed by atoms with van der Waals surface area (Å²) in [6.45, 7) is 2.26. The molecule has 0 radical (unpaired) electrons. The molecule has 0 saturated carbocycles. The molecule has 1 atom stereocenters. The highest BCUT2D eigenvalue weighted by atomic mass is 79.9. The van der Waals surface area contributed by atoms with Crippen molar-refractivity contribution in [2.24, 2.45) is 5.84 Å². The Balaban J connectivity index is 3.11. The molecule has 120 valence electrons. The van der Waals surface area contributed by atoms with Crippen LogP contribution in [0.4, 0.5) is 0 Å². The molecular weight excluding hydrogens is 316 g/mol. The molecule has 0 aliphatic rings. The van der Waals surface area contributed by atoms with E-state index in [2.05, 4.69) is 28.3 Å². The Hall–Kier alpha value is -0.0900. The second kappa shape index (κ2) is 15.3. The number of amides is 1. The second-order valence-electron chi connectivity index (χ2n) is 5.65. The third-order valence-electron chi connectivity index (χ3n) is 3.74. The number of alkyl halides is 1. The summed E-state index contributed by atoms with van der Waals surface area (Å²) >= 11 is 3.34. The molecule has 3 nitrogen and oxygen atoms in total. The summed E-state index contributed by atoms with van der Waals surface area (Å²) in [5, 5.41) is 0. The van der Waals surface area contributed by atoms with E-state index in [1.165, 1.54) is 70.6 Å². The lowest BCUT2D eigenvalue weighted by atomic mass is 10.0. The lowest BCUT2D eigenvalue weighted by Gasteiger charge is -2.07. The van der Waals surface area contributed by atoms with Crippen molar-refractivity contribution >= 4 is 21.8 Å². The highest BCUT2D eigenvalue weighted by Gasteiger charge is 2.11. The van der Waals surface area contributed by atoms with Crippen molar-refractivity contribution < 1.29 is 4.79 Å². The van der Waals surface area contributed by atoms with Crippen molar-refractivity contribution in [2.75, 3.05) is 0 Å². The van der Waals surface area contributed by atoms with Gasteiger partial charge in [0.1, 0.15) is 0 Å². The first kappa shape index (κ1) is 19.9. The molecule has 0 fully saturated rings. The molecule has 20 heavy (non-hydrogen) atoms. The van der Waals surface area contributed by atoms with Crippen molar-refractivity contribution in [3.8, 4) is 0 Å². The molecule has 0 aliphatic heterocycles. The fraction of sp³-hybridized carbons (Fsp3) is 0.938. The van der Waals surface area contributed by atoms with E-state index in [1.54, 1.807) is 0 Å².